The molecule has 0 bridgehead atoms. The lowest BCUT2D eigenvalue weighted by atomic mass is 10.1. The van der Waals surface area contributed by atoms with Crippen molar-refractivity contribution in [3.63, 3.8) is 0 Å². The summed E-state index contributed by atoms with van der Waals surface area (Å²) in [5.41, 5.74) is 2.16. The third-order valence-corrected chi connectivity index (χ3v) is 4.49. The van der Waals surface area contributed by atoms with E-state index in [0.29, 0.717) is 12.3 Å². The van der Waals surface area contributed by atoms with E-state index in [-0.39, 0.29) is 0 Å². The van der Waals surface area contributed by atoms with Crippen LogP contribution in [0.5, 0.6) is 0 Å². The highest BCUT2D eigenvalue weighted by Gasteiger charge is 2.22. The van der Waals surface area contributed by atoms with E-state index in [9.17, 15) is 0 Å². The number of fused-ring (bicyclic) bond motifs is 1. The average Bonchev–Trinajstić information content (AvgIpc) is 3.17. The van der Waals surface area contributed by atoms with Crippen LogP contribution in [0, 0.1) is 5.92 Å². The van der Waals surface area contributed by atoms with Gasteiger partial charge in [0, 0.05) is 31.0 Å². The molecule has 1 saturated heterocycles. The molecule has 23 heavy (non-hydrogen) atoms. The molecule has 1 aliphatic heterocycles. The number of rotatable bonds is 4. The van der Waals surface area contributed by atoms with Gasteiger partial charge in [-0.2, -0.15) is 4.98 Å². The first-order valence-corrected chi connectivity index (χ1v) is 8.10. The van der Waals surface area contributed by atoms with Crippen LogP contribution < -0.4 is 0 Å². The lowest BCUT2D eigenvalue weighted by Gasteiger charge is -2.06. The molecule has 1 atom stereocenters. The number of pyridine rings is 1. The molecule has 1 unspecified atom stereocenters. The van der Waals surface area contributed by atoms with Crippen molar-refractivity contribution >= 4 is 10.9 Å². The second-order valence-corrected chi connectivity index (χ2v) is 6.43. The van der Waals surface area contributed by atoms with Crippen molar-refractivity contribution in [3.05, 3.63) is 53.8 Å². The molecule has 1 fully saturated rings. The Morgan fingerprint density at radius 3 is 3.13 bits per heavy atom. The predicted octanol–water partition coefficient (Wildman–Crippen LogP) is 2.70. The molecule has 0 radical (unpaired) electrons. The Hall–Kier alpha value is -2.27. The number of hydrogen-bond acceptors (Lipinski definition) is 5. The van der Waals surface area contributed by atoms with Crippen molar-refractivity contribution in [2.75, 3.05) is 20.1 Å². The van der Waals surface area contributed by atoms with Crippen molar-refractivity contribution in [1.29, 1.82) is 0 Å². The molecule has 5 heteroatoms. The number of hydrogen-bond donors (Lipinski definition) is 0. The van der Waals surface area contributed by atoms with Gasteiger partial charge in [-0.25, -0.2) is 0 Å². The normalized spacial score (nSPS) is 18.7. The zero-order valence-electron chi connectivity index (χ0n) is 13.3. The minimum Gasteiger partial charge on any atom is -0.339 e. The Morgan fingerprint density at radius 1 is 1.30 bits per heavy atom. The second kappa shape index (κ2) is 6.08. The summed E-state index contributed by atoms with van der Waals surface area (Å²) >= 11 is 0. The van der Waals surface area contributed by atoms with E-state index in [4.69, 9.17) is 4.52 Å². The fraction of sp³-hybridized carbons (Fsp3) is 0.389. The monoisotopic (exact) mass is 308 g/mol. The van der Waals surface area contributed by atoms with Crippen LogP contribution in [0.15, 0.2) is 41.1 Å². The van der Waals surface area contributed by atoms with Gasteiger partial charge in [-0.3, -0.25) is 4.98 Å². The molecule has 0 N–H and O–H groups in total. The summed E-state index contributed by atoms with van der Waals surface area (Å²) in [5, 5.41) is 5.28. The molecule has 0 spiro atoms. The Labute approximate surface area is 135 Å². The molecule has 3 heterocycles. The van der Waals surface area contributed by atoms with E-state index in [1.807, 2.05) is 12.3 Å². The minimum atomic E-state index is 0.637. The molecule has 118 valence electrons. The van der Waals surface area contributed by atoms with Crippen molar-refractivity contribution in [1.82, 2.24) is 20.0 Å². The van der Waals surface area contributed by atoms with Gasteiger partial charge in [-0.15, -0.1) is 0 Å². The lowest BCUT2D eigenvalue weighted by Crippen LogP contribution is -2.15. The number of benzene rings is 1. The molecule has 5 nitrogen and oxygen atoms in total. The van der Waals surface area contributed by atoms with Crippen molar-refractivity contribution in [3.8, 4) is 0 Å². The maximum Gasteiger partial charge on any atom is 0.226 e. The van der Waals surface area contributed by atoms with E-state index >= 15 is 0 Å². The molecule has 3 aromatic rings. The third kappa shape index (κ3) is 3.24. The van der Waals surface area contributed by atoms with Gasteiger partial charge >= 0.3 is 0 Å². The maximum atomic E-state index is 5.43. The highest BCUT2D eigenvalue weighted by atomic mass is 16.5. The van der Waals surface area contributed by atoms with Gasteiger partial charge in [-0.05, 0) is 43.6 Å². The average molecular weight is 308 g/mol. The molecular weight excluding hydrogens is 288 g/mol. The third-order valence-electron chi connectivity index (χ3n) is 4.49. The summed E-state index contributed by atoms with van der Waals surface area (Å²) in [6, 6.07) is 10.3. The van der Waals surface area contributed by atoms with Crippen LogP contribution in [0.1, 0.15) is 23.7 Å². The molecule has 2 aromatic heterocycles. The molecular formula is C18H20N4O. The van der Waals surface area contributed by atoms with Crippen LogP contribution in [0.2, 0.25) is 0 Å². The first-order chi connectivity index (χ1) is 11.3. The summed E-state index contributed by atoms with van der Waals surface area (Å²) in [6.07, 6.45) is 4.60. The Bertz CT molecular complexity index is 813. The van der Waals surface area contributed by atoms with E-state index in [0.717, 1.165) is 47.7 Å². The molecule has 1 aliphatic rings. The molecule has 0 aliphatic carbocycles. The van der Waals surface area contributed by atoms with Crippen molar-refractivity contribution in [2.45, 2.75) is 19.3 Å². The van der Waals surface area contributed by atoms with Crippen LogP contribution in [0.4, 0.5) is 0 Å². The highest BCUT2D eigenvalue weighted by Crippen LogP contribution is 2.19. The number of aromatic nitrogens is 3. The van der Waals surface area contributed by atoms with Crippen LogP contribution in [-0.4, -0.2) is 40.2 Å². The number of likely N-dealkylation sites (tertiary alicyclic amines) is 1. The molecule has 0 amide bonds. The summed E-state index contributed by atoms with van der Waals surface area (Å²) in [4.78, 5) is 11.3. The summed E-state index contributed by atoms with van der Waals surface area (Å²) in [5.74, 6) is 2.15. The summed E-state index contributed by atoms with van der Waals surface area (Å²) in [7, 11) is 2.16. The second-order valence-electron chi connectivity index (χ2n) is 6.43. The minimum absolute atomic E-state index is 0.637. The van der Waals surface area contributed by atoms with Gasteiger partial charge in [0.2, 0.25) is 5.89 Å². The largest absolute Gasteiger partial charge is 0.339 e. The van der Waals surface area contributed by atoms with E-state index < -0.39 is 0 Å². The van der Waals surface area contributed by atoms with Crippen LogP contribution in [0.25, 0.3) is 10.9 Å². The maximum absolute atomic E-state index is 5.43. The quantitative estimate of drug-likeness (QED) is 0.742. The van der Waals surface area contributed by atoms with E-state index in [2.05, 4.69) is 51.3 Å². The van der Waals surface area contributed by atoms with E-state index in [1.165, 1.54) is 6.42 Å². The Balaban J connectivity index is 1.46. The molecule has 0 saturated carbocycles. The van der Waals surface area contributed by atoms with Gasteiger partial charge in [0.15, 0.2) is 5.82 Å². The molecule has 4 rings (SSSR count). The van der Waals surface area contributed by atoms with Gasteiger partial charge in [0.1, 0.15) is 0 Å². The first kappa shape index (κ1) is 14.3. The zero-order chi connectivity index (χ0) is 15.6. The predicted molar refractivity (Wildman–Crippen MR) is 88.2 cm³/mol. The first-order valence-electron chi connectivity index (χ1n) is 8.10. The van der Waals surface area contributed by atoms with Gasteiger partial charge in [0.05, 0.1) is 5.52 Å². The fourth-order valence-electron chi connectivity index (χ4n) is 3.29. The smallest absolute Gasteiger partial charge is 0.226 e. The van der Waals surface area contributed by atoms with Crippen LogP contribution in [0.3, 0.4) is 0 Å². The zero-order valence-corrected chi connectivity index (χ0v) is 13.3. The topological polar surface area (TPSA) is 55.1 Å². The Kier molecular flexibility index (Phi) is 3.79. The van der Waals surface area contributed by atoms with Gasteiger partial charge < -0.3 is 9.42 Å². The standard InChI is InChI=1S/C18H20N4O/c1-22-8-6-14(12-22)11-18-20-17(21-23-18)10-13-4-5-15-3-2-7-19-16(15)9-13/h2-5,7,9,14H,6,8,10-12H2,1H3. The SMILES string of the molecule is CN1CCC(Cc2nc(Cc3ccc4cccnc4c3)no2)C1. The molecule has 1 aromatic carbocycles. The number of nitrogens with zero attached hydrogens (tertiary/aromatic N) is 4. The van der Waals surface area contributed by atoms with Crippen LogP contribution in [-0.2, 0) is 12.8 Å². The van der Waals surface area contributed by atoms with Gasteiger partial charge in [-0.1, -0.05) is 23.4 Å². The Morgan fingerprint density at radius 2 is 2.26 bits per heavy atom. The fourth-order valence-corrected chi connectivity index (χ4v) is 3.29. The van der Waals surface area contributed by atoms with Gasteiger partial charge in [0.25, 0.3) is 0 Å². The summed E-state index contributed by atoms with van der Waals surface area (Å²) in [6.45, 7) is 2.28. The summed E-state index contributed by atoms with van der Waals surface area (Å²) < 4.78 is 5.43. The van der Waals surface area contributed by atoms with E-state index in [1.54, 1.807) is 0 Å². The van der Waals surface area contributed by atoms with Crippen molar-refractivity contribution in [2.24, 2.45) is 5.92 Å². The van der Waals surface area contributed by atoms with Crippen LogP contribution >= 0.6 is 0 Å². The lowest BCUT2D eigenvalue weighted by molar-refractivity contribution is 0.341. The van der Waals surface area contributed by atoms with Crippen molar-refractivity contribution < 1.29 is 4.52 Å². The highest BCUT2D eigenvalue weighted by molar-refractivity contribution is 5.78.